The number of aryl methyl sites for hydroxylation is 1. The van der Waals surface area contributed by atoms with E-state index in [9.17, 15) is 13.2 Å². The van der Waals surface area contributed by atoms with E-state index in [0.717, 1.165) is 6.20 Å². The maximum Gasteiger partial charge on any atom is 0.337 e. The maximum absolute atomic E-state index is 12.1. The lowest BCUT2D eigenvalue weighted by atomic mass is 10.2. The number of halogens is 1. The summed E-state index contributed by atoms with van der Waals surface area (Å²) in [7, 11) is -3.99. The Balaban J connectivity index is 2.47. The SMILES string of the molecule is Cc1ncc(S(=O)(=O)Nc2c(Cl)cccc2C(=O)O)[nH]1. The van der Waals surface area contributed by atoms with Gasteiger partial charge in [-0.2, -0.15) is 8.42 Å². The standard InChI is InChI=1S/C11H10ClN3O4S/c1-6-13-5-9(14-6)20(18,19)15-10-7(11(16)17)3-2-4-8(10)12/h2-5,15H,1H3,(H,13,14)(H,16,17). The molecule has 0 fully saturated rings. The molecule has 0 saturated heterocycles. The van der Waals surface area contributed by atoms with Crippen LogP contribution in [0.5, 0.6) is 0 Å². The zero-order chi connectivity index (χ0) is 14.9. The van der Waals surface area contributed by atoms with Crippen molar-refractivity contribution in [2.24, 2.45) is 0 Å². The third kappa shape index (κ3) is 2.75. The highest BCUT2D eigenvalue weighted by Crippen LogP contribution is 2.28. The van der Waals surface area contributed by atoms with Crippen LogP contribution in [0.1, 0.15) is 16.2 Å². The van der Waals surface area contributed by atoms with Gasteiger partial charge in [0.05, 0.1) is 22.5 Å². The summed E-state index contributed by atoms with van der Waals surface area (Å²) in [6.45, 7) is 1.59. The fourth-order valence-electron chi connectivity index (χ4n) is 1.53. The number of aromatic amines is 1. The van der Waals surface area contributed by atoms with Crippen LogP contribution in [0.4, 0.5) is 5.69 Å². The molecule has 1 aromatic heterocycles. The molecule has 0 unspecified atom stereocenters. The molecule has 0 radical (unpaired) electrons. The summed E-state index contributed by atoms with van der Waals surface area (Å²) in [4.78, 5) is 17.4. The van der Waals surface area contributed by atoms with Gasteiger partial charge >= 0.3 is 5.97 Å². The number of aromatic carboxylic acids is 1. The molecule has 0 saturated carbocycles. The van der Waals surface area contributed by atoms with Gasteiger partial charge in [-0.1, -0.05) is 17.7 Å². The van der Waals surface area contributed by atoms with Crippen molar-refractivity contribution in [3.63, 3.8) is 0 Å². The van der Waals surface area contributed by atoms with E-state index in [1.165, 1.54) is 18.2 Å². The Morgan fingerprint density at radius 2 is 2.15 bits per heavy atom. The second-order valence-electron chi connectivity index (χ2n) is 3.91. The lowest BCUT2D eigenvalue weighted by molar-refractivity contribution is 0.0698. The lowest BCUT2D eigenvalue weighted by Gasteiger charge is -2.10. The largest absolute Gasteiger partial charge is 0.478 e. The van der Waals surface area contributed by atoms with Crippen molar-refractivity contribution < 1.29 is 18.3 Å². The Bertz CT molecular complexity index is 770. The quantitative estimate of drug-likeness (QED) is 0.797. The van der Waals surface area contributed by atoms with E-state index in [-0.39, 0.29) is 21.3 Å². The third-order valence-corrected chi connectivity index (χ3v) is 4.02. The second-order valence-corrected chi connectivity index (χ2v) is 5.96. The van der Waals surface area contributed by atoms with Gasteiger partial charge in [0.15, 0.2) is 5.03 Å². The third-order valence-electron chi connectivity index (χ3n) is 2.45. The van der Waals surface area contributed by atoms with Crippen molar-refractivity contribution >= 4 is 33.3 Å². The van der Waals surface area contributed by atoms with Crippen molar-refractivity contribution in [1.29, 1.82) is 0 Å². The Hall–Kier alpha value is -2.06. The van der Waals surface area contributed by atoms with Gasteiger partial charge in [-0.15, -0.1) is 0 Å². The first-order valence-electron chi connectivity index (χ1n) is 5.37. The number of carboxylic acid groups (broad SMARTS) is 1. The number of anilines is 1. The molecule has 20 heavy (non-hydrogen) atoms. The number of nitrogens with zero attached hydrogens (tertiary/aromatic N) is 1. The van der Waals surface area contributed by atoms with E-state index in [1.807, 2.05) is 0 Å². The Morgan fingerprint density at radius 3 is 2.70 bits per heavy atom. The number of para-hydroxylation sites is 1. The molecule has 0 aliphatic heterocycles. The molecule has 7 nitrogen and oxygen atoms in total. The molecular formula is C11H10ClN3O4S. The zero-order valence-electron chi connectivity index (χ0n) is 10.2. The van der Waals surface area contributed by atoms with Gasteiger partial charge in [0, 0.05) is 0 Å². The molecule has 0 spiro atoms. The van der Waals surface area contributed by atoms with Gasteiger partial charge in [-0.25, -0.2) is 9.78 Å². The highest BCUT2D eigenvalue weighted by atomic mass is 35.5. The van der Waals surface area contributed by atoms with Crippen LogP contribution in [0, 0.1) is 6.92 Å². The molecule has 0 amide bonds. The molecular weight excluding hydrogens is 306 g/mol. The predicted octanol–water partition coefficient (Wildman–Crippen LogP) is 1.87. The number of aromatic nitrogens is 2. The van der Waals surface area contributed by atoms with Crippen LogP contribution < -0.4 is 4.72 Å². The minimum absolute atomic E-state index is 0.00953. The molecule has 2 rings (SSSR count). The van der Waals surface area contributed by atoms with Crippen LogP contribution in [-0.2, 0) is 10.0 Å². The van der Waals surface area contributed by atoms with Gasteiger partial charge in [-0.3, -0.25) is 4.72 Å². The first-order valence-corrected chi connectivity index (χ1v) is 7.23. The van der Waals surface area contributed by atoms with Crippen LogP contribution in [0.3, 0.4) is 0 Å². The van der Waals surface area contributed by atoms with E-state index in [0.29, 0.717) is 5.82 Å². The average Bonchev–Trinajstić information content (AvgIpc) is 2.79. The van der Waals surface area contributed by atoms with Crippen LogP contribution in [0.25, 0.3) is 0 Å². The molecule has 2 aromatic rings. The molecule has 0 aliphatic rings. The summed E-state index contributed by atoms with van der Waals surface area (Å²) in [5.74, 6) is -0.867. The number of hydrogen-bond donors (Lipinski definition) is 3. The molecule has 1 heterocycles. The molecule has 0 aliphatic carbocycles. The van der Waals surface area contributed by atoms with Gasteiger partial charge < -0.3 is 10.1 Å². The summed E-state index contributed by atoms with van der Waals surface area (Å²) in [5, 5.41) is 8.86. The van der Waals surface area contributed by atoms with Crippen molar-refractivity contribution in [3.8, 4) is 0 Å². The number of nitrogens with one attached hydrogen (secondary N) is 2. The van der Waals surface area contributed by atoms with Crippen molar-refractivity contribution in [3.05, 3.63) is 40.8 Å². The number of carboxylic acids is 1. The second kappa shape index (κ2) is 5.14. The lowest BCUT2D eigenvalue weighted by Crippen LogP contribution is -2.16. The first kappa shape index (κ1) is 14.4. The van der Waals surface area contributed by atoms with Crippen LogP contribution in [-0.4, -0.2) is 29.5 Å². The molecule has 3 N–H and O–H groups in total. The molecule has 106 valence electrons. The fraction of sp³-hybridized carbons (Fsp3) is 0.0909. The molecule has 1 aromatic carbocycles. The molecule has 0 bridgehead atoms. The minimum Gasteiger partial charge on any atom is -0.478 e. The number of H-pyrrole nitrogens is 1. The normalized spacial score (nSPS) is 11.3. The number of carbonyl (C=O) groups is 1. The fourth-order valence-corrected chi connectivity index (χ4v) is 2.88. The smallest absolute Gasteiger partial charge is 0.337 e. The average molecular weight is 316 g/mol. The van der Waals surface area contributed by atoms with Crippen molar-refractivity contribution in [2.45, 2.75) is 11.9 Å². The van der Waals surface area contributed by atoms with E-state index in [4.69, 9.17) is 16.7 Å². The summed E-state index contributed by atoms with van der Waals surface area (Å²) in [5.41, 5.74) is -0.425. The summed E-state index contributed by atoms with van der Waals surface area (Å²) in [6, 6.07) is 4.07. The number of rotatable bonds is 4. The zero-order valence-corrected chi connectivity index (χ0v) is 11.8. The van der Waals surface area contributed by atoms with Crippen LogP contribution in [0.15, 0.2) is 29.4 Å². The van der Waals surface area contributed by atoms with Crippen molar-refractivity contribution in [1.82, 2.24) is 9.97 Å². The Morgan fingerprint density at radius 1 is 1.45 bits per heavy atom. The summed E-state index contributed by atoms with van der Waals surface area (Å²) >= 11 is 5.86. The maximum atomic E-state index is 12.1. The Kier molecular flexibility index (Phi) is 3.69. The summed E-state index contributed by atoms with van der Waals surface area (Å²) < 4.78 is 26.4. The predicted molar refractivity (Wildman–Crippen MR) is 72.5 cm³/mol. The van der Waals surface area contributed by atoms with Gasteiger partial charge in [-0.05, 0) is 19.1 Å². The van der Waals surface area contributed by atoms with Crippen LogP contribution >= 0.6 is 11.6 Å². The van der Waals surface area contributed by atoms with E-state index < -0.39 is 16.0 Å². The van der Waals surface area contributed by atoms with E-state index in [2.05, 4.69) is 14.7 Å². The van der Waals surface area contributed by atoms with Gasteiger partial charge in [0.2, 0.25) is 0 Å². The number of sulfonamides is 1. The number of imidazole rings is 1. The first-order chi connectivity index (χ1) is 9.31. The highest BCUT2D eigenvalue weighted by Gasteiger charge is 2.22. The highest BCUT2D eigenvalue weighted by molar-refractivity contribution is 7.92. The van der Waals surface area contributed by atoms with Gasteiger partial charge in [0.1, 0.15) is 5.82 Å². The van der Waals surface area contributed by atoms with Crippen LogP contribution in [0.2, 0.25) is 5.02 Å². The molecule has 0 atom stereocenters. The number of hydrogen-bond acceptors (Lipinski definition) is 4. The summed E-state index contributed by atoms with van der Waals surface area (Å²) in [6.07, 6.45) is 1.13. The van der Waals surface area contributed by atoms with Crippen molar-refractivity contribution in [2.75, 3.05) is 4.72 Å². The van der Waals surface area contributed by atoms with E-state index >= 15 is 0 Å². The molecule has 9 heteroatoms. The monoisotopic (exact) mass is 315 g/mol. The Labute approximate surface area is 119 Å². The minimum atomic E-state index is -3.99. The topological polar surface area (TPSA) is 112 Å². The van der Waals surface area contributed by atoms with Gasteiger partial charge in [0.25, 0.3) is 10.0 Å². The van der Waals surface area contributed by atoms with E-state index in [1.54, 1.807) is 6.92 Å². The number of benzene rings is 1.